The lowest BCUT2D eigenvalue weighted by molar-refractivity contribution is 0.140. The van der Waals surface area contributed by atoms with E-state index in [2.05, 4.69) is 0 Å². The average Bonchev–Trinajstić information content (AvgIpc) is 3.25. The van der Waals surface area contributed by atoms with Crippen molar-refractivity contribution in [3.8, 4) is 11.5 Å². The molecule has 0 saturated heterocycles. The van der Waals surface area contributed by atoms with Crippen LogP contribution in [-0.4, -0.2) is 12.2 Å². The van der Waals surface area contributed by atoms with E-state index < -0.39 is 11.4 Å². The molecule has 2 aromatic carbocycles. The summed E-state index contributed by atoms with van der Waals surface area (Å²) in [6.07, 6.45) is 1.09. The third-order valence-electron chi connectivity index (χ3n) is 3.71. The fourth-order valence-electron chi connectivity index (χ4n) is 2.36. The van der Waals surface area contributed by atoms with Gasteiger partial charge in [-0.1, -0.05) is 30.3 Å². The molecule has 1 fully saturated rings. The zero-order valence-electron chi connectivity index (χ0n) is 11.8. The van der Waals surface area contributed by atoms with Crippen molar-refractivity contribution in [3.63, 3.8) is 0 Å². The minimum atomic E-state index is -1.11. The largest absolute Gasteiger partial charge is 0.496 e. The van der Waals surface area contributed by atoms with Gasteiger partial charge in [-0.05, 0) is 30.5 Å². The number of ether oxygens (including phenoxy) is 2. The average molecular weight is 288 g/mol. The van der Waals surface area contributed by atoms with Gasteiger partial charge in [-0.15, -0.1) is 0 Å². The SMILES string of the molecule is COc1ccc(OCc2ccccc2)c(F)c1C1(O)CC1. The second-order valence-electron chi connectivity index (χ2n) is 5.26. The lowest BCUT2D eigenvalue weighted by atomic mass is 10.1. The van der Waals surface area contributed by atoms with E-state index in [-0.39, 0.29) is 17.9 Å². The van der Waals surface area contributed by atoms with Crippen LogP contribution in [-0.2, 0) is 12.2 Å². The molecule has 1 saturated carbocycles. The first-order valence-corrected chi connectivity index (χ1v) is 6.90. The molecular formula is C17H17FO3. The molecule has 0 amide bonds. The summed E-state index contributed by atoms with van der Waals surface area (Å²) in [5.74, 6) is -0.0418. The third kappa shape index (κ3) is 2.72. The van der Waals surface area contributed by atoms with Crippen molar-refractivity contribution in [3.05, 3.63) is 59.4 Å². The van der Waals surface area contributed by atoms with Gasteiger partial charge in [0.2, 0.25) is 0 Å². The van der Waals surface area contributed by atoms with Gasteiger partial charge in [0.15, 0.2) is 11.6 Å². The molecule has 0 aliphatic heterocycles. The van der Waals surface area contributed by atoms with Crippen LogP contribution in [0.15, 0.2) is 42.5 Å². The van der Waals surface area contributed by atoms with Crippen molar-refractivity contribution in [2.45, 2.75) is 25.0 Å². The maximum Gasteiger partial charge on any atom is 0.174 e. The zero-order chi connectivity index (χ0) is 14.9. The van der Waals surface area contributed by atoms with Crippen molar-refractivity contribution in [1.29, 1.82) is 0 Å². The Balaban J connectivity index is 1.86. The zero-order valence-corrected chi connectivity index (χ0v) is 11.8. The number of methoxy groups -OCH3 is 1. The van der Waals surface area contributed by atoms with E-state index in [1.54, 1.807) is 6.07 Å². The molecule has 3 nitrogen and oxygen atoms in total. The van der Waals surface area contributed by atoms with Gasteiger partial charge in [0.05, 0.1) is 18.3 Å². The lowest BCUT2D eigenvalue weighted by Gasteiger charge is -2.17. The second-order valence-corrected chi connectivity index (χ2v) is 5.26. The first-order valence-electron chi connectivity index (χ1n) is 6.90. The second kappa shape index (κ2) is 5.37. The van der Waals surface area contributed by atoms with E-state index in [1.165, 1.54) is 13.2 Å². The summed E-state index contributed by atoms with van der Waals surface area (Å²) in [6.45, 7) is 0.280. The molecule has 110 valence electrons. The molecule has 0 aromatic heterocycles. The molecule has 0 radical (unpaired) electrons. The molecule has 1 aliphatic rings. The number of hydrogen-bond acceptors (Lipinski definition) is 3. The molecule has 0 heterocycles. The molecule has 0 spiro atoms. The standard InChI is InChI=1S/C17H17FO3/c1-20-13-7-8-14(16(18)15(13)17(19)9-10-17)21-11-12-5-3-2-4-6-12/h2-8,19H,9-11H2,1H3. The Hall–Kier alpha value is -2.07. The molecule has 2 aromatic rings. The van der Waals surface area contributed by atoms with Crippen LogP contribution in [0.1, 0.15) is 24.0 Å². The topological polar surface area (TPSA) is 38.7 Å². The summed E-state index contributed by atoms with van der Waals surface area (Å²) in [5, 5.41) is 10.2. The first kappa shape index (κ1) is 13.9. The fourth-order valence-corrected chi connectivity index (χ4v) is 2.36. The highest BCUT2D eigenvalue weighted by Gasteiger charge is 2.47. The molecular weight excluding hydrogens is 271 g/mol. The smallest absolute Gasteiger partial charge is 0.174 e. The van der Waals surface area contributed by atoms with Crippen molar-refractivity contribution in [2.24, 2.45) is 0 Å². The van der Waals surface area contributed by atoms with Crippen molar-refractivity contribution < 1.29 is 19.0 Å². The van der Waals surface area contributed by atoms with Crippen LogP contribution in [0.5, 0.6) is 11.5 Å². The van der Waals surface area contributed by atoms with Gasteiger partial charge in [-0.2, -0.15) is 0 Å². The maximum absolute atomic E-state index is 14.6. The lowest BCUT2D eigenvalue weighted by Crippen LogP contribution is -2.11. The summed E-state index contributed by atoms with van der Waals surface area (Å²) >= 11 is 0. The first-order chi connectivity index (χ1) is 10.1. The summed E-state index contributed by atoms with van der Waals surface area (Å²) in [4.78, 5) is 0. The third-order valence-corrected chi connectivity index (χ3v) is 3.71. The summed E-state index contributed by atoms with van der Waals surface area (Å²) in [5.41, 5.74) is 0.0524. The highest BCUT2D eigenvalue weighted by molar-refractivity contribution is 5.47. The van der Waals surface area contributed by atoms with E-state index in [4.69, 9.17) is 9.47 Å². The van der Waals surface area contributed by atoms with Crippen molar-refractivity contribution in [1.82, 2.24) is 0 Å². The predicted molar refractivity (Wildman–Crippen MR) is 76.9 cm³/mol. The fraction of sp³-hybridized carbons (Fsp3) is 0.294. The van der Waals surface area contributed by atoms with Crippen molar-refractivity contribution >= 4 is 0 Å². The van der Waals surface area contributed by atoms with Gasteiger partial charge in [-0.25, -0.2) is 4.39 Å². The minimum absolute atomic E-state index is 0.134. The molecule has 1 aliphatic carbocycles. The van der Waals surface area contributed by atoms with Gasteiger partial charge in [0.1, 0.15) is 12.4 Å². The van der Waals surface area contributed by atoms with Crippen LogP contribution in [0.25, 0.3) is 0 Å². The van der Waals surface area contributed by atoms with Gasteiger partial charge in [0, 0.05) is 0 Å². The number of rotatable bonds is 5. The van der Waals surface area contributed by atoms with Gasteiger partial charge in [-0.3, -0.25) is 0 Å². The van der Waals surface area contributed by atoms with Crippen molar-refractivity contribution in [2.75, 3.05) is 7.11 Å². The number of benzene rings is 2. The minimum Gasteiger partial charge on any atom is -0.496 e. The van der Waals surface area contributed by atoms with Crippen LogP contribution in [0.3, 0.4) is 0 Å². The highest BCUT2D eigenvalue weighted by atomic mass is 19.1. The molecule has 0 atom stereocenters. The summed E-state index contributed by atoms with van der Waals surface area (Å²) < 4.78 is 25.3. The number of aliphatic hydroxyl groups is 1. The van der Waals surface area contributed by atoms with E-state index in [9.17, 15) is 9.50 Å². The Morgan fingerprint density at radius 2 is 1.76 bits per heavy atom. The van der Waals surface area contributed by atoms with E-state index >= 15 is 0 Å². The maximum atomic E-state index is 14.6. The monoisotopic (exact) mass is 288 g/mol. The quantitative estimate of drug-likeness (QED) is 0.916. The highest BCUT2D eigenvalue weighted by Crippen LogP contribution is 2.51. The van der Waals surface area contributed by atoms with Gasteiger partial charge < -0.3 is 14.6 Å². The van der Waals surface area contributed by atoms with Crippen LogP contribution >= 0.6 is 0 Å². The Kier molecular flexibility index (Phi) is 3.55. The number of halogens is 1. The Bertz CT molecular complexity index is 636. The Morgan fingerprint density at radius 1 is 1.10 bits per heavy atom. The van der Waals surface area contributed by atoms with E-state index in [1.807, 2.05) is 30.3 Å². The number of hydrogen-bond donors (Lipinski definition) is 1. The van der Waals surface area contributed by atoms with Crippen LogP contribution in [0.2, 0.25) is 0 Å². The Morgan fingerprint density at radius 3 is 2.38 bits per heavy atom. The van der Waals surface area contributed by atoms with E-state index in [0.717, 1.165) is 5.56 Å². The van der Waals surface area contributed by atoms with Crippen LogP contribution in [0.4, 0.5) is 4.39 Å². The molecule has 3 rings (SSSR count). The summed E-state index contributed by atoms with van der Waals surface area (Å²) in [6, 6.07) is 12.7. The molecule has 1 N–H and O–H groups in total. The van der Waals surface area contributed by atoms with Crippen LogP contribution < -0.4 is 9.47 Å². The molecule has 0 unspecified atom stereocenters. The van der Waals surface area contributed by atoms with E-state index in [0.29, 0.717) is 18.6 Å². The molecule has 21 heavy (non-hydrogen) atoms. The Labute approximate surface area is 122 Å². The van der Waals surface area contributed by atoms with Gasteiger partial charge in [0.25, 0.3) is 0 Å². The predicted octanol–water partition coefficient (Wildman–Crippen LogP) is 3.39. The normalized spacial score (nSPS) is 15.6. The van der Waals surface area contributed by atoms with Gasteiger partial charge >= 0.3 is 0 Å². The molecule has 0 bridgehead atoms. The molecule has 4 heteroatoms. The summed E-state index contributed by atoms with van der Waals surface area (Å²) in [7, 11) is 1.47. The van der Waals surface area contributed by atoms with Crippen LogP contribution in [0, 0.1) is 5.82 Å².